The van der Waals surface area contributed by atoms with Crippen molar-refractivity contribution in [3.05, 3.63) is 42.0 Å². The maximum Gasteiger partial charge on any atom is 0.255 e. The SMILES string of the molecule is CC(C#N)CN(C)C(=O)c1cc2ccccc2cc1N. The number of nitrogen functional groups attached to an aromatic ring is 1. The second-order valence-electron chi connectivity index (χ2n) is 5.00. The second kappa shape index (κ2) is 5.62. The number of nitriles is 1. The third-order valence-electron chi connectivity index (χ3n) is 3.26. The molecule has 0 bridgehead atoms. The van der Waals surface area contributed by atoms with Gasteiger partial charge in [0.2, 0.25) is 0 Å². The molecule has 1 amide bonds. The lowest BCUT2D eigenvalue weighted by Crippen LogP contribution is -2.31. The van der Waals surface area contributed by atoms with Gasteiger partial charge < -0.3 is 10.6 Å². The molecule has 0 aliphatic carbocycles. The molecule has 2 aromatic carbocycles. The number of fused-ring (bicyclic) bond motifs is 1. The fraction of sp³-hybridized carbons (Fsp3) is 0.250. The van der Waals surface area contributed by atoms with Crippen LogP contribution in [-0.4, -0.2) is 24.4 Å². The minimum absolute atomic E-state index is 0.157. The van der Waals surface area contributed by atoms with Crippen molar-refractivity contribution in [1.29, 1.82) is 5.26 Å². The Morgan fingerprint density at radius 3 is 2.55 bits per heavy atom. The summed E-state index contributed by atoms with van der Waals surface area (Å²) in [5.74, 6) is -0.360. The monoisotopic (exact) mass is 267 g/mol. The highest BCUT2D eigenvalue weighted by Crippen LogP contribution is 2.23. The van der Waals surface area contributed by atoms with Crippen LogP contribution >= 0.6 is 0 Å². The summed E-state index contributed by atoms with van der Waals surface area (Å²) in [6, 6.07) is 13.5. The zero-order valence-electron chi connectivity index (χ0n) is 11.6. The molecule has 0 aliphatic heterocycles. The highest BCUT2D eigenvalue weighted by molar-refractivity contribution is 6.03. The first-order valence-electron chi connectivity index (χ1n) is 6.46. The Morgan fingerprint density at radius 1 is 1.35 bits per heavy atom. The molecule has 1 unspecified atom stereocenters. The molecule has 2 rings (SSSR count). The second-order valence-corrected chi connectivity index (χ2v) is 5.00. The van der Waals surface area contributed by atoms with E-state index in [1.165, 1.54) is 4.90 Å². The zero-order chi connectivity index (χ0) is 14.7. The van der Waals surface area contributed by atoms with Gasteiger partial charge in [-0.3, -0.25) is 4.79 Å². The Balaban J connectivity index is 2.35. The Morgan fingerprint density at radius 2 is 1.95 bits per heavy atom. The molecule has 4 nitrogen and oxygen atoms in total. The van der Waals surface area contributed by atoms with Crippen LogP contribution in [0.15, 0.2) is 36.4 Å². The number of rotatable bonds is 3. The summed E-state index contributed by atoms with van der Waals surface area (Å²) in [6.45, 7) is 2.18. The minimum Gasteiger partial charge on any atom is -0.398 e. The lowest BCUT2D eigenvalue weighted by molar-refractivity contribution is 0.0786. The molecule has 0 spiro atoms. The average molecular weight is 267 g/mol. The molecule has 0 aromatic heterocycles. The first-order valence-corrected chi connectivity index (χ1v) is 6.46. The van der Waals surface area contributed by atoms with Crippen LogP contribution in [0.3, 0.4) is 0 Å². The number of hydrogen-bond donors (Lipinski definition) is 1. The van der Waals surface area contributed by atoms with E-state index in [2.05, 4.69) is 6.07 Å². The Labute approximate surface area is 118 Å². The molecule has 4 heteroatoms. The molecule has 20 heavy (non-hydrogen) atoms. The molecule has 0 aliphatic rings. The third-order valence-corrected chi connectivity index (χ3v) is 3.26. The largest absolute Gasteiger partial charge is 0.398 e. The van der Waals surface area contributed by atoms with Gasteiger partial charge in [0.25, 0.3) is 5.91 Å². The average Bonchev–Trinajstić information content (AvgIpc) is 2.45. The number of carbonyl (C=O) groups is 1. The summed E-state index contributed by atoms with van der Waals surface area (Å²) < 4.78 is 0. The summed E-state index contributed by atoms with van der Waals surface area (Å²) >= 11 is 0. The van der Waals surface area contributed by atoms with Crippen molar-refractivity contribution in [1.82, 2.24) is 4.90 Å². The number of anilines is 1. The van der Waals surface area contributed by atoms with Crippen molar-refractivity contribution in [2.24, 2.45) is 5.92 Å². The number of amides is 1. The standard InChI is InChI=1S/C16H17N3O/c1-11(9-17)10-19(2)16(20)14-7-12-5-3-4-6-13(12)8-15(14)18/h3-8,11H,10,18H2,1-2H3. The molecule has 2 aromatic rings. The van der Waals surface area contributed by atoms with Crippen LogP contribution in [0.25, 0.3) is 10.8 Å². The highest BCUT2D eigenvalue weighted by atomic mass is 16.2. The Kier molecular flexibility index (Phi) is 3.90. The van der Waals surface area contributed by atoms with Crippen LogP contribution in [-0.2, 0) is 0 Å². The molecule has 102 valence electrons. The predicted octanol–water partition coefficient (Wildman–Crippen LogP) is 2.65. The van der Waals surface area contributed by atoms with Gasteiger partial charge in [0, 0.05) is 19.3 Å². The van der Waals surface area contributed by atoms with Gasteiger partial charge in [-0.05, 0) is 29.8 Å². The van der Waals surface area contributed by atoms with Crippen molar-refractivity contribution in [3.8, 4) is 6.07 Å². The van der Waals surface area contributed by atoms with Crippen LogP contribution in [0.2, 0.25) is 0 Å². The van der Waals surface area contributed by atoms with E-state index in [1.807, 2.05) is 30.3 Å². The van der Waals surface area contributed by atoms with Crippen LogP contribution in [0.1, 0.15) is 17.3 Å². The summed E-state index contributed by atoms with van der Waals surface area (Å²) in [5.41, 5.74) is 6.92. The van der Waals surface area contributed by atoms with E-state index in [0.29, 0.717) is 17.8 Å². The molecule has 0 saturated carbocycles. The van der Waals surface area contributed by atoms with Crippen molar-refractivity contribution >= 4 is 22.4 Å². The quantitative estimate of drug-likeness (QED) is 0.869. The Bertz CT molecular complexity index is 688. The number of carbonyl (C=O) groups excluding carboxylic acids is 1. The van der Waals surface area contributed by atoms with Crippen LogP contribution < -0.4 is 5.73 Å². The van der Waals surface area contributed by atoms with Gasteiger partial charge in [-0.2, -0.15) is 5.26 Å². The van der Waals surface area contributed by atoms with E-state index in [-0.39, 0.29) is 11.8 Å². The van der Waals surface area contributed by atoms with E-state index in [9.17, 15) is 4.79 Å². The van der Waals surface area contributed by atoms with E-state index in [4.69, 9.17) is 11.0 Å². The van der Waals surface area contributed by atoms with E-state index >= 15 is 0 Å². The van der Waals surface area contributed by atoms with Crippen molar-refractivity contribution < 1.29 is 4.79 Å². The molecule has 2 N–H and O–H groups in total. The van der Waals surface area contributed by atoms with Crippen LogP contribution in [0.5, 0.6) is 0 Å². The van der Waals surface area contributed by atoms with Gasteiger partial charge in [-0.15, -0.1) is 0 Å². The van der Waals surface area contributed by atoms with Crippen LogP contribution in [0.4, 0.5) is 5.69 Å². The maximum atomic E-state index is 12.4. The predicted molar refractivity (Wildman–Crippen MR) is 80.1 cm³/mol. The summed E-state index contributed by atoms with van der Waals surface area (Å²) in [7, 11) is 1.69. The fourth-order valence-electron chi connectivity index (χ4n) is 2.18. The highest BCUT2D eigenvalue weighted by Gasteiger charge is 2.17. The lowest BCUT2D eigenvalue weighted by Gasteiger charge is -2.19. The summed E-state index contributed by atoms with van der Waals surface area (Å²) in [5, 5.41) is 10.8. The van der Waals surface area contributed by atoms with Crippen molar-refractivity contribution in [2.75, 3.05) is 19.3 Å². The minimum atomic E-state index is -0.203. The van der Waals surface area contributed by atoms with E-state index in [0.717, 1.165) is 10.8 Å². The normalized spacial score (nSPS) is 11.8. The molecule has 0 fully saturated rings. The van der Waals surface area contributed by atoms with Gasteiger partial charge in [0.05, 0.1) is 17.6 Å². The maximum absolute atomic E-state index is 12.4. The summed E-state index contributed by atoms with van der Waals surface area (Å²) in [6.07, 6.45) is 0. The molecule has 0 heterocycles. The van der Waals surface area contributed by atoms with Crippen molar-refractivity contribution in [2.45, 2.75) is 6.92 Å². The van der Waals surface area contributed by atoms with E-state index in [1.54, 1.807) is 20.0 Å². The first kappa shape index (κ1) is 13.9. The van der Waals surface area contributed by atoms with Gasteiger partial charge >= 0.3 is 0 Å². The third kappa shape index (κ3) is 2.72. The number of nitrogens with two attached hydrogens (primary N) is 1. The molecular weight excluding hydrogens is 250 g/mol. The van der Waals surface area contributed by atoms with E-state index < -0.39 is 0 Å². The number of hydrogen-bond acceptors (Lipinski definition) is 3. The van der Waals surface area contributed by atoms with Gasteiger partial charge in [0.1, 0.15) is 0 Å². The smallest absolute Gasteiger partial charge is 0.255 e. The molecule has 0 saturated heterocycles. The number of nitrogens with zero attached hydrogens (tertiary/aromatic N) is 2. The fourth-order valence-corrected chi connectivity index (χ4v) is 2.18. The zero-order valence-corrected chi connectivity index (χ0v) is 11.6. The number of benzene rings is 2. The molecular formula is C16H17N3O. The molecule has 1 atom stereocenters. The van der Waals surface area contributed by atoms with Gasteiger partial charge in [-0.25, -0.2) is 0 Å². The summed E-state index contributed by atoms with van der Waals surface area (Å²) in [4.78, 5) is 13.9. The Hall–Kier alpha value is -2.54. The topological polar surface area (TPSA) is 70.1 Å². The van der Waals surface area contributed by atoms with Gasteiger partial charge in [0.15, 0.2) is 0 Å². The molecule has 0 radical (unpaired) electrons. The van der Waals surface area contributed by atoms with Crippen LogP contribution in [0, 0.1) is 17.2 Å². The van der Waals surface area contributed by atoms with Crippen molar-refractivity contribution in [3.63, 3.8) is 0 Å². The van der Waals surface area contributed by atoms with Gasteiger partial charge in [-0.1, -0.05) is 24.3 Å². The first-order chi connectivity index (χ1) is 9.52. The lowest BCUT2D eigenvalue weighted by atomic mass is 10.0.